The van der Waals surface area contributed by atoms with Crippen molar-refractivity contribution in [3.8, 4) is 0 Å². The molecule has 0 aliphatic rings. The molecule has 0 bridgehead atoms. The Balaban J connectivity index is 2.98. The van der Waals surface area contributed by atoms with E-state index in [2.05, 4.69) is 10.3 Å². The van der Waals surface area contributed by atoms with Gasteiger partial charge in [0.05, 0.1) is 11.9 Å². The number of hydrogen-bond donors (Lipinski definition) is 1. The largest absolute Gasteiger partial charge is 0.327 e. The van der Waals surface area contributed by atoms with Crippen LogP contribution in [0, 0.1) is 13.8 Å². The molecule has 0 unspecified atom stereocenters. The molecule has 58 valence electrons. The summed E-state index contributed by atoms with van der Waals surface area (Å²) in [4.78, 5) is 14.1. The van der Waals surface area contributed by atoms with Gasteiger partial charge in [-0.2, -0.15) is 0 Å². The van der Waals surface area contributed by atoms with Crippen LogP contribution in [0.25, 0.3) is 0 Å². The van der Waals surface area contributed by atoms with Crippen LogP contribution in [-0.2, 0) is 4.79 Å². The van der Waals surface area contributed by atoms with Crippen molar-refractivity contribution in [3.63, 3.8) is 0 Å². The molecule has 1 amide bonds. The maximum absolute atomic E-state index is 10.1. The fraction of sp³-hybridized carbons (Fsp3) is 0.250. The number of amides is 1. The molecule has 1 N–H and O–H groups in total. The monoisotopic (exact) mass is 150 g/mol. The summed E-state index contributed by atoms with van der Waals surface area (Å²) in [6, 6.07) is 1.92. The summed E-state index contributed by atoms with van der Waals surface area (Å²) in [5, 5.41) is 2.56. The molecule has 0 aliphatic heterocycles. The van der Waals surface area contributed by atoms with Crippen molar-refractivity contribution in [1.29, 1.82) is 0 Å². The van der Waals surface area contributed by atoms with Crippen LogP contribution in [0.2, 0.25) is 0 Å². The van der Waals surface area contributed by atoms with Crippen LogP contribution in [0.15, 0.2) is 12.3 Å². The average Bonchev–Trinajstić information content (AvgIpc) is 1.95. The number of hydrogen-bond acceptors (Lipinski definition) is 2. The number of aromatic nitrogens is 1. The molecule has 3 heteroatoms. The Morgan fingerprint density at radius 3 is 2.82 bits per heavy atom. The maximum Gasteiger partial charge on any atom is 0.211 e. The quantitative estimate of drug-likeness (QED) is 0.645. The molecule has 0 radical (unpaired) electrons. The van der Waals surface area contributed by atoms with Gasteiger partial charge >= 0.3 is 0 Å². The van der Waals surface area contributed by atoms with E-state index in [9.17, 15) is 4.79 Å². The Morgan fingerprint density at radius 1 is 1.55 bits per heavy atom. The van der Waals surface area contributed by atoms with Crippen molar-refractivity contribution >= 4 is 12.1 Å². The first-order valence-corrected chi connectivity index (χ1v) is 3.37. The van der Waals surface area contributed by atoms with Crippen LogP contribution < -0.4 is 5.32 Å². The Morgan fingerprint density at radius 2 is 2.27 bits per heavy atom. The Bertz CT molecular complexity index is 271. The minimum Gasteiger partial charge on any atom is -0.327 e. The standard InChI is InChI=1S/C8H10N2O/c1-6-3-7(2)9-4-8(6)10-5-11/h3-5H,1-2H3,(H,10,11). The van der Waals surface area contributed by atoms with Crippen molar-refractivity contribution in [2.24, 2.45) is 0 Å². The molecule has 0 aliphatic carbocycles. The third kappa shape index (κ3) is 1.77. The summed E-state index contributed by atoms with van der Waals surface area (Å²) in [6.07, 6.45) is 2.30. The van der Waals surface area contributed by atoms with Crippen LogP contribution in [0.1, 0.15) is 11.3 Å². The lowest BCUT2D eigenvalue weighted by molar-refractivity contribution is -0.105. The van der Waals surface area contributed by atoms with E-state index < -0.39 is 0 Å². The van der Waals surface area contributed by atoms with Crippen molar-refractivity contribution in [3.05, 3.63) is 23.5 Å². The van der Waals surface area contributed by atoms with Gasteiger partial charge in [0.2, 0.25) is 6.41 Å². The first-order valence-electron chi connectivity index (χ1n) is 3.37. The highest BCUT2D eigenvalue weighted by atomic mass is 16.1. The Labute approximate surface area is 65.5 Å². The summed E-state index contributed by atoms with van der Waals surface area (Å²) in [6.45, 7) is 3.85. The molecular formula is C8H10N2O. The van der Waals surface area contributed by atoms with Gasteiger partial charge in [-0.1, -0.05) is 0 Å². The Hall–Kier alpha value is -1.38. The van der Waals surface area contributed by atoms with Crippen LogP contribution in [0.4, 0.5) is 5.69 Å². The van der Waals surface area contributed by atoms with Crippen molar-refractivity contribution < 1.29 is 4.79 Å². The summed E-state index contributed by atoms with van der Waals surface area (Å²) in [7, 11) is 0. The highest BCUT2D eigenvalue weighted by molar-refractivity contribution is 5.72. The highest BCUT2D eigenvalue weighted by Crippen LogP contribution is 2.11. The normalized spacial score (nSPS) is 9.27. The zero-order chi connectivity index (χ0) is 8.27. The first kappa shape index (κ1) is 7.72. The SMILES string of the molecule is Cc1cc(C)c(NC=O)cn1. The van der Waals surface area contributed by atoms with Crippen molar-refractivity contribution in [1.82, 2.24) is 4.98 Å². The third-order valence-corrected chi connectivity index (χ3v) is 1.46. The second-order valence-electron chi connectivity index (χ2n) is 2.40. The average molecular weight is 150 g/mol. The van der Waals surface area contributed by atoms with Gasteiger partial charge in [-0.05, 0) is 25.5 Å². The van der Waals surface area contributed by atoms with Crippen molar-refractivity contribution in [2.75, 3.05) is 5.32 Å². The van der Waals surface area contributed by atoms with Gasteiger partial charge < -0.3 is 5.32 Å². The molecule has 3 nitrogen and oxygen atoms in total. The molecule has 0 atom stereocenters. The van der Waals surface area contributed by atoms with Gasteiger partial charge in [-0.3, -0.25) is 9.78 Å². The summed E-state index contributed by atoms with van der Waals surface area (Å²) in [5.41, 5.74) is 2.76. The van der Waals surface area contributed by atoms with Gasteiger partial charge in [0.1, 0.15) is 0 Å². The topological polar surface area (TPSA) is 42.0 Å². The lowest BCUT2D eigenvalue weighted by Gasteiger charge is -2.02. The molecule has 1 aromatic heterocycles. The number of anilines is 1. The smallest absolute Gasteiger partial charge is 0.211 e. The van der Waals surface area contributed by atoms with E-state index in [-0.39, 0.29) is 0 Å². The molecule has 1 aromatic rings. The predicted octanol–water partition coefficient (Wildman–Crippen LogP) is 1.27. The van der Waals surface area contributed by atoms with E-state index in [1.165, 1.54) is 0 Å². The predicted molar refractivity (Wildman–Crippen MR) is 43.4 cm³/mol. The molecule has 1 rings (SSSR count). The lowest BCUT2D eigenvalue weighted by Crippen LogP contribution is -1.97. The van der Waals surface area contributed by atoms with Crippen LogP contribution in [0.3, 0.4) is 0 Å². The summed E-state index contributed by atoms with van der Waals surface area (Å²) in [5.74, 6) is 0. The maximum atomic E-state index is 10.1. The molecule has 0 spiro atoms. The number of aryl methyl sites for hydroxylation is 2. The summed E-state index contributed by atoms with van der Waals surface area (Å²) < 4.78 is 0. The number of rotatable bonds is 2. The minimum atomic E-state index is 0.652. The van der Waals surface area contributed by atoms with Crippen LogP contribution >= 0.6 is 0 Å². The van der Waals surface area contributed by atoms with Gasteiger partial charge in [-0.25, -0.2) is 0 Å². The van der Waals surface area contributed by atoms with Gasteiger partial charge in [-0.15, -0.1) is 0 Å². The third-order valence-electron chi connectivity index (χ3n) is 1.46. The second kappa shape index (κ2) is 3.14. The number of pyridine rings is 1. The van der Waals surface area contributed by atoms with E-state index in [1.807, 2.05) is 19.9 Å². The molecular weight excluding hydrogens is 140 g/mol. The highest BCUT2D eigenvalue weighted by Gasteiger charge is 1.95. The first-order chi connectivity index (χ1) is 5.24. The lowest BCUT2D eigenvalue weighted by atomic mass is 10.2. The molecule has 0 aromatic carbocycles. The van der Waals surface area contributed by atoms with E-state index in [0.29, 0.717) is 6.41 Å². The van der Waals surface area contributed by atoms with Gasteiger partial charge in [0.15, 0.2) is 0 Å². The zero-order valence-corrected chi connectivity index (χ0v) is 6.59. The fourth-order valence-electron chi connectivity index (χ4n) is 0.911. The number of carbonyl (C=O) groups excluding carboxylic acids is 1. The van der Waals surface area contributed by atoms with Crippen molar-refractivity contribution in [2.45, 2.75) is 13.8 Å². The van der Waals surface area contributed by atoms with E-state index >= 15 is 0 Å². The zero-order valence-electron chi connectivity index (χ0n) is 6.59. The number of nitrogens with zero attached hydrogens (tertiary/aromatic N) is 1. The molecule has 11 heavy (non-hydrogen) atoms. The van der Waals surface area contributed by atoms with Gasteiger partial charge in [0, 0.05) is 5.69 Å². The molecule has 0 fully saturated rings. The molecule has 1 heterocycles. The van der Waals surface area contributed by atoms with Crippen LogP contribution in [-0.4, -0.2) is 11.4 Å². The number of carbonyl (C=O) groups is 1. The fourth-order valence-corrected chi connectivity index (χ4v) is 0.911. The number of nitrogens with one attached hydrogen (secondary N) is 1. The van der Waals surface area contributed by atoms with Crippen LogP contribution in [0.5, 0.6) is 0 Å². The Kier molecular flexibility index (Phi) is 2.21. The molecule has 0 saturated carbocycles. The molecule has 0 saturated heterocycles. The second-order valence-corrected chi connectivity index (χ2v) is 2.40. The van der Waals surface area contributed by atoms with E-state index in [4.69, 9.17) is 0 Å². The van der Waals surface area contributed by atoms with E-state index in [0.717, 1.165) is 16.9 Å². The van der Waals surface area contributed by atoms with Gasteiger partial charge in [0.25, 0.3) is 0 Å². The summed E-state index contributed by atoms with van der Waals surface area (Å²) >= 11 is 0. The van der Waals surface area contributed by atoms with E-state index in [1.54, 1.807) is 6.20 Å². The minimum absolute atomic E-state index is 0.652.